The van der Waals surface area contributed by atoms with Crippen molar-refractivity contribution in [2.45, 2.75) is 18.8 Å². The smallest absolute Gasteiger partial charge is 1.00 e. The first-order valence-electron chi connectivity index (χ1n) is 3.16. The standard InChI is InChI=1S/C5H9F3O3S.Li.H/c6-2-1-4(7)5(8)3-12(9,10)11;;/h4-5H,1-3H2,(H,9,10,11);;/q;+1;-1. The summed E-state index contributed by atoms with van der Waals surface area (Å²) in [6, 6.07) is 0. The molecule has 0 aliphatic rings. The molecule has 0 fully saturated rings. The molecule has 3 nitrogen and oxygen atoms in total. The number of alkyl halides is 3. The van der Waals surface area contributed by atoms with Crippen molar-refractivity contribution < 1.29 is 46.4 Å². The molecule has 2 unspecified atom stereocenters. The van der Waals surface area contributed by atoms with Crippen molar-refractivity contribution in [3.05, 3.63) is 0 Å². The summed E-state index contributed by atoms with van der Waals surface area (Å²) in [5, 5.41) is 0. The van der Waals surface area contributed by atoms with Gasteiger partial charge < -0.3 is 1.43 Å². The van der Waals surface area contributed by atoms with Crippen molar-refractivity contribution in [3.8, 4) is 0 Å². The molecule has 1 N–H and O–H groups in total. The maximum Gasteiger partial charge on any atom is 1.00 e. The van der Waals surface area contributed by atoms with E-state index in [0.29, 0.717) is 0 Å². The monoisotopic (exact) mass is 214 g/mol. The second kappa shape index (κ2) is 6.71. The summed E-state index contributed by atoms with van der Waals surface area (Å²) in [7, 11) is -4.52. The maximum atomic E-state index is 12.4. The third kappa shape index (κ3) is 8.62. The van der Waals surface area contributed by atoms with Gasteiger partial charge in [0.1, 0.15) is 18.1 Å². The van der Waals surface area contributed by atoms with E-state index in [9.17, 15) is 21.6 Å². The molecule has 8 heteroatoms. The first-order chi connectivity index (χ1) is 5.37. The van der Waals surface area contributed by atoms with Crippen LogP contribution in [-0.2, 0) is 10.1 Å². The van der Waals surface area contributed by atoms with E-state index in [0.717, 1.165) is 0 Å². The van der Waals surface area contributed by atoms with Crippen molar-refractivity contribution in [1.82, 2.24) is 0 Å². The van der Waals surface area contributed by atoms with E-state index >= 15 is 0 Å². The van der Waals surface area contributed by atoms with Crippen LogP contribution in [-0.4, -0.2) is 37.7 Å². The van der Waals surface area contributed by atoms with E-state index in [2.05, 4.69) is 0 Å². The van der Waals surface area contributed by atoms with E-state index in [1.54, 1.807) is 0 Å². The van der Waals surface area contributed by atoms with Gasteiger partial charge in [-0.15, -0.1) is 0 Å². The molecule has 0 aliphatic carbocycles. The van der Waals surface area contributed by atoms with Gasteiger partial charge in [0.15, 0.2) is 0 Å². The zero-order chi connectivity index (χ0) is 9.78. The second-order valence-electron chi connectivity index (χ2n) is 2.26. The first kappa shape index (κ1) is 15.8. The molecule has 0 spiro atoms. The molecular weight excluding hydrogens is 204 g/mol. The van der Waals surface area contributed by atoms with Crippen LogP contribution in [0.2, 0.25) is 0 Å². The molecule has 76 valence electrons. The first-order valence-corrected chi connectivity index (χ1v) is 4.77. The molecular formula is C5H10F3LiO3S. The molecule has 0 amide bonds. The summed E-state index contributed by atoms with van der Waals surface area (Å²) in [4.78, 5) is 0. The summed E-state index contributed by atoms with van der Waals surface area (Å²) in [5.41, 5.74) is 0. The van der Waals surface area contributed by atoms with Crippen LogP contribution >= 0.6 is 0 Å². The number of hydrogen-bond acceptors (Lipinski definition) is 2. The zero-order valence-corrected chi connectivity index (χ0v) is 7.90. The minimum absolute atomic E-state index is 0. The molecule has 0 aromatic rings. The summed E-state index contributed by atoms with van der Waals surface area (Å²) < 4.78 is 64.2. The molecule has 0 rings (SSSR count). The van der Waals surface area contributed by atoms with E-state index < -0.39 is 41.3 Å². The van der Waals surface area contributed by atoms with Gasteiger partial charge in [0, 0.05) is 6.42 Å². The van der Waals surface area contributed by atoms with Gasteiger partial charge in [-0.3, -0.25) is 8.94 Å². The normalized spacial score (nSPS) is 16.0. The minimum atomic E-state index is -4.52. The van der Waals surface area contributed by atoms with Crippen LogP contribution in [0.4, 0.5) is 13.2 Å². The molecule has 13 heavy (non-hydrogen) atoms. The Labute approximate surface area is 88.1 Å². The zero-order valence-electron chi connectivity index (χ0n) is 8.08. The molecule has 0 bridgehead atoms. The van der Waals surface area contributed by atoms with Crippen LogP contribution in [0.3, 0.4) is 0 Å². The summed E-state index contributed by atoms with van der Waals surface area (Å²) in [5.74, 6) is -1.33. The molecule has 0 aromatic carbocycles. The third-order valence-electron chi connectivity index (χ3n) is 1.15. The Morgan fingerprint density at radius 1 is 1.31 bits per heavy atom. The van der Waals surface area contributed by atoms with Crippen LogP contribution in [0.5, 0.6) is 0 Å². The Morgan fingerprint density at radius 3 is 2.08 bits per heavy atom. The molecule has 0 saturated carbocycles. The maximum absolute atomic E-state index is 12.4. The van der Waals surface area contributed by atoms with Crippen LogP contribution in [0.15, 0.2) is 0 Å². The molecule has 0 heterocycles. The van der Waals surface area contributed by atoms with E-state index in [1.807, 2.05) is 0 Å². The van der Waals surface area contributed by atoms with Gasteiger partial charge in [0.25, 0.3) is 10.1 Å². The summed E-state index contributed by atoms with van der Waals surface area (Å²) in [6.45, 7) is -1.06. The van der Waals surface area contributed by atoms with Crippen LogP contribution < -0.4 is 18.9 Å². The second-order valence-corrected chi connectivity index (χ2v) is 3.76. The van der Waals surface area contributed by atoms with Gasteiger partial charge in [0.2, 0.25) is 0 Å². The van der Waals surface area contributed by atoms with Crippen LogP contribution in [0, 0.1) is 0 Å². The minimum Gasteiger partial charge on any atom is -1.00 e. The fourth-order valence-corrected chi connectivity index (χ4v) is 1.20. The van der Waals surface area contributed by atoms with Crippen LogP contribution in [0.1, 0.15) is 7.85 Å². The van der Waals surface area contributed by atoms with E-state index in [4.69, 9.17) is 4.55 Å². The topological polar surface area (TPSA) is 54.4 Å². The Kier molecular flexibility index (Phi) is 8.13. The average molecular weight is 214 g/mol. The van der Waals surface area contributed by atoms with E-state index in [1.165, 1.54) is 0 Å². The quantitative estimate of drug-likeness (QED) is 0.426. The van der Waals surface area contributed by atoms with Crippen molar-refractivity contribution in [3.63, 3.8) is 0 Å². The Balaban J connectivity index is -0.000000605. The predicted molar refractivity (Wildman–Crippen MR) is 37.9 cm³/mol. The van der Waals surface area contributed by atoms with Crippen LogP contribution in [0.25, 0.3) is 0 Å². The number of hydrogen-bond donors (Lipinski definition) is 1. The fourth-order valence-electron chi connectivity index (χ4n) is 0.591. The average Bonchev–Trinajstić information content (AvgIpc) is 1.84. The number of rotatable bonds is 5. The van der Waals surface area contributed by atoms with Crippen molar-refractivity contribution >= 4 is 10.1 Å². The van der Waals surface area contributed by atoms with E-state index in [-0.39, 0.29) is 20.3 Å². The Morgan fingerprint density at radius 2 is 1.77 bits per heavy atom. The van der Waals surface area contributed by atoms with Gasteiger partial charge in [-0.1, -0.05) is 0 Å². The van der Waals surface area contributed by atoms with Gasteiger partial charge in [0.05, 0.1) is 6.67 Å². The summed E-state index contributed by atoms with van der Waals surface area (Å²) >= 11 is 0. The fraction of sp³-hybridized carbons (Fsp3) is 1.00. The molecule has 0 saturated heterocycles. The van der Waals surface area contributed by atoms with Crippen molar-refractivity contribution in [1.29, 1.82) is 0 Å². The van der Waals surface area contributed by atoms with Gasteiger partial charge >= 0.3 is 18.9 Å². The number of halogens is 3. The molecule has 0 aliphatic heterocycles. The molecule has 0 radical (unpaired) electrons. The van der Waals surface area contributed by atoms with Gasteiger partial charge in [-0.2, -0.15) is 8.42 Å². The van der Waals surface area contributed by atoms with Crippen molar-refractivity contribution in [2.75, 3.05) is 12.4 Å². The SMILES string of the molecule is O=S(=O)(O)CC(F)C(F)CCF.[H-].[Li+]. The third-order valence-corrected chi connectivity index (χ3v) is 1.89. The van der Waals surface area contributed by atoms with Gasteiger partial charge in [-0.05, 0) is 0 Å². The predicted octanol–water partition coefficient (Wildman–Crippen LogP) is -1.97. The Bertz CT molecular complexity index is 226. The molecule has 2 atom stereocenters. The Hall–Kier alpha value is 0.297. The van der Waals surface area contributed by atoms with Gasteiger partial charge in [-0.25, -0.2) is 8.78 Å². The summed E-state index contributed by atoms with van der Waals surface area (Å²) in [6.07, 6.45) is -5.25. The van der Waals surface area contributed by atoms with Crippen molar-refractivity contribution in [2.24, 2.45) is 0 Å². The molecule has 0 aromatic heterocycles. The largest absolute Gasteiger partial charge is 1.00 e.